The summed E-state index contributed by atoms with van der Waals surface area (Å²) in [4.78, 5) is 4.98. The van der Waals surface area contributed by atoms with E-state index >= 15 is 0 Å². The summed E-state index contributed by atoms with van der Waals surface area (Å²) in [6.45, 7) is 5.15. The molecule has 0 spiro atoms. The molecule has 3 aromatic heterocycles. The number of fused-ring (bicyclic) bond motifs is 3. The Morgan fingerprint density at radius 3 is 2.53 bits per heavy atom. The van der Waals surface area contributed by atoms with Crippen molar-refractivity contribution in [2.75, 3.05) is 20.3 Å². The molecule has 1 saturated heterocycles. The number of aliphatic hydroxyl groups is 1. The third-order valence-electron chi connectivity index (χ3n) is 7.74. The van der Waals surface area contributed by atoms with Crippen LogP contribution in [-0.2, 0) is 17.4 Å². The number of pyridine rings is 1. The van der Waals surface area contributed by atoms with E-state index in [-0.39, 0.29) is 6.04 Å². The van der Waals surface area contributed by atoms with Gasteiger partial charge >= 0.3 is 0 Å². The van der Waals surface area contributed by atoms with E-state index in [1.807, 2.05) is 33.2 Å². The number of nitrogens with zero attached hydrogens (tertiary/aromatic N) is 5. The van der Waals surface area contributed by atoms with Gasteiger partial charge in [-0.05, 0) is 55.9 Å². The Balaban J connectivity index is 1.69. The van der Waals surface area contributed by atoms with Gasteiger partial charge in [0.25, 0.3) is 5.88 Å². The Morgan fingerprint density at radius 1 is 1.05 bits per heavy atom. The number of aromatic nitrogens is 5. The van der Waals surface area contributed by atoms with E-state index in [1.54, 1.807) is 11.8 Å². The fraction of sp³-hybridized carbons (Fsp3) is 0.367. The molecule has 0 aliphatic carbocycles. The molecule has 1 atom stereocenters. The van der Waals surface area contributed by atoms with Crippen molar-refractivity contribution in [3.05, 3.63) is 71.9 Å². The van der Waals surface area contributed by atoms with Gasteiger partial charge in [-0.1, -0.05) is 52.8 Å². The molecule has 38 heavy (non-hydrogen) atoms. The number of aryl methyl sites for hydroxylation is 1. The molecule has 0 radical (unpaired) electrons. The maximum absolute atomic E-state index is 10.9. The van der Waals surface area contributed by atoms with Crippen LogP contribution in [0.4, 0.5) is 0 Å². The second-order valence-electron chi connectivity index (χ2n) is 10.6. The van der Waals surface area contributed by atoms with E-state index in [0.717, 1.165) is 64.8 Å². The van der Waals surface area contributed by atoms with Gasteiger partial charge in [-0.2, -0.15) is 0 Å². The fourth-order valence-electron chi connectivity index (χ4n) is 5.81. The van der Waals surface area contributed by atoms with Gasteiger partial charge in [0.2, 0.25) is 0 Å². The first-order valence-electron chi connectivity index (χ1n) is 13.1. The highest BCUT2D eigenvalue weighted by Crippen LogP contribution is 2.42. The predicted molar refractivity (Wildman–Crippen MR) is 147 cm³/mol. The van der Waals surface area contributed by atoms with Gasteiger partial charge in [0.05, 0.1) is 35.3 Å². The number of hydrogen-bond acceptors (Lipinski definition) is 6. The SMILES string of the molecule is COc1nnn(C)c1-c1cnc2c3ccc(C(C)(C)O)cc3n(C(c3ccccc3)C3CCOCC3)c2c1. The molecular formula is C30H33N5O3. The Kier molecular flexibility index (Phi) is 6.16. The molecule has 6 rings (SSSR count). The maximum atomic E-state index is 10.9. The van der Waals surface area contributed by atoms with E-state index in [4.69, 9.17) is 14.5 Å². The molecular weight excluding hydrogens is 478 g/mol. The van der Waals surface area contributed by atoms with Crippen LogP contribution in [0.2, 0.25) is 0 Å². The number of benzene rings is 2. The highest BCUT2D eigenvalue weighted by atomic mass is 16.5. The largest absolute Gasteiger partial charge is 0.478 e. The van der Waals surface area contributed by atoms with E-state index < -0.39 is 5.60 Å². The summed E-state index contributed by atoms with van der Waals surface area (Å²) in [7, 11) is 3.46. The van der Waals surface area contributed by atoms with Gasteiger partial charge in [-0.3, -0.25) is 4.98 Å². The molecule has 8 heteroatoms. The summed E-state index contributed by atoms with van der Waals surface area (Å²) >= 11 is 0. The number of hydrogen-bond donors (Lipinski definition) is 1. The van der Waals surface area contributed by atoms with Crippen molar-refractivity contribution in [3.63, 3.8) is 0 Å². The molecule has 5 aromatic rings. The normalized spacial score (nSPS) is 15.8. The summed E-state index contributed by atoms with van der Waals surface area (Å²) in [6, 6.07) is 19.1. The van der Waals surface area contributed by atoms with Crippen LogP contribution in [0, 0.1) is 5.92 Å². The number of ether oxygens (including phenoxy) is 2. The van der Waals surface area contributed by atoms with Gasteiger partial charge in [0, 0.05) is 37.4 Å². The summed E-state index contributed by atoms with van der Waals surface area (Å²) < 4.78 is 15.4. The zero-order chi connectivity index (χ0) is 26.4. The van der Waals surface area contributed by atoms with E-state index in [0.29, 0.717) is 11.8 Å². The summed E-state index contributed by atoms with van der Waals surface area (Å²) in [5, 5.41) is 20.3. The van der Waals surface area contributed by atoms with Crippen LogP contribution in [0.25, 0.3) is 33.2 Å². The van der Waals surface area contributed by atoms with Gasteiger partial charge in [0.1, 0.15) is 5.69 Å². The minimum absolute atomic E-state index is 0.0702. The van der Waals surface area contributed by atoms with Crippen molar-refractivity contribution in [3.8, 4) is 17.1 Å². The zero-order valence-corrected chi connectivity index (χ0v) is 22.3. The minimum Gasteiger partial charge on any atom is -0.478 e. The summed E-state index contributed by atoms with van der Waals surface area (Å²) in [6.07, 6.45) is 3.81. The zero-order valence-electron chi connectivity index (χ0n) is 22.3. The molecule has 1 aliphatic heterocycles. The van der Waals surface area contributed by atoms with Crippen LogP contribution in [-0.4, -0.2) is 50.0 Å². The quantitative estimate of drug-likeness (QED) is 0.336. The summed E-state index contributed by atoms with van der Waals surface area (Å²) in [5.41, 5.74) is 5.80. The van der Waals surface area contributed by atoms with Crippen molar-refractivity contribution in [1.82, 2.24) is 24.5 Å². The molecule has 0 bridgehead atoms. The first-order valence-corrected chi connectivity index (χ1v) is 13.1. The van der Waals surface area contributed by atoms with Crippen molar-refractivity contribution < 1.29 is 14.6 Å². The van der Waals surface area contributed by atoms with Crippen LogP contribution in [0.5, 0.6) is 5.88 Å². The van der Waals surface area contributed by atoms with E-state index in [9.17, 15) is 5.11 Å². The molecule has 1 unspecified atom stereocenters. The topological polar surface area (TPSA) is 87.2 Å². The van der Waals surface area contributed by atoms with Gasteiger partial charge in [0.15, 0.2) is 0 Å². The highest BCUT2D eigenvalue weighted by Gasteiger charge is 2.31. The molecule has 0 saturated carbocycles. The molecule has 196 valence electrons. The second kappa shape index (κ2) is 9.53. The third-order valence-corrected chi connectivity index (χ3v) is 7.74. The Hall–Kier alpha value is -3.75. The van der Waals surface area contributed by atoms with Crippen molar-refractivity contribution >= 4 is 21.9 Å². The Labute approximate surface area is 221 Å². The van der Waals surface area contributed by atoms with Crippen LogP contribution >= 0.6 is 0 Å². The lowest BCUT2D eigenvalue weighted by molar-refractivity contribution is 0.0552. The van der Waals surface area contributed by atoms with Crippen molar-refractivity contribution in [1.29, 1.82) is 0 Å². The molecule has 1 N–H and O–H groups in total. The minimum atomic E-state index is -0.970. The van der Waals surface area contributed by atoms with Crippen LogP contribution < -0.4 is 4.74 Å². The first kappa shape index (κ1) is 24.6. The first-order chi connectivity index (χ1) is 18.4. The van der Waals surface area contributed by atoms with E-state index in [1.165, 1.54) is 5.56 Å². The average molecular weight is 512 g/mol. The maximum Gasteiger partial charge on any atom is 0.261 e. The third kappa shape index (κ3) is 4.14. The number of methoxy groups -OCH3 is 1. The van der Waals surface area contributed by atoms with Crippen LogP contribution in [0.3, 0.4) is 0 Å². The van der Waals surface area contributed by atoms with Gasteiger partial charge in [-0.15, -0.1) is 0 Å². The molecule has 0 amide bonds. The lowest BCUT2D eigenvalue weighted by atomic mass is 9.86. The predicted octanol–water partition coefficient (Wildman–Crippen LogP) is 5.24. The van der Waals surface area contributed by atoms with Crippen molar-refractivity contribution in [2.45, 2.75) is 38.3 Å². The number of rotatable bonds is 6. The molecule has 4 heterocycles. The Morgan fingerprint density at radius 2 is 1.82 bits per heavy atom. The fourth-order valence-corrected chi connectivity index (χ4v) is 5.81. The Bertz CT molecular complexity index is 1590. The van der Waals surface area contributed by atoms with E-state index in [2.05, 4.69) is 63.4 Å². The lowest BCUT2D eigenvalue weighted by Gasteiger charge is -2.33. The second-order valence-corrected chi connectivity index (χ2v) is 10.6. The highest BCUT2D eigenvalue weighted by molar-refractivity contribution is 6.07. The molecule has 1 aliphatic rings. The average Bonchev–Trinajstić information content (AvgIpc) is 3.46. The van der Waals surface area contributed by atoms with Gasteiger partial charge < -0.3 is 19.1 Å². The molecule has 8 nitrogen and oxygen atoms in total. The van der Waals surface area contributed by atoms with Gasteiger partial charge in [-0.25, -0.2) is 4.68 Å². The van der Waals surface area contributed by atoms with Crippen LogP contribution in [0.1, 0.15) is 43.9 Å². The smallest absolute Gasteiger partial charge is 0.261 e. The summed E-state index contributed by atoms with van der Waals surface area (Å²) in [5.74, 6) is 0.844. The van der Waals surface area contributed by atoms with Crippen molar-refractivity contribution in [2.24, 2.45) is 13.0 Å². The molecule has 1 fully saturated rings. The lowest BCUT2D eigenvalue weighted by Crippen LogP contribution is -2.27. The molecule has 2 aromatic carbocycles. The van der Waals surface area contributed by atoms with Crippen LogP contribution in [0.15, 0.2) is 60.8 Å². The monoisotopic (exact) mass is 511 g/mol. The standard InChI is InChI=1S/C30H33N5O3/c1-30(2,36)22-10-11-23-24(17-22)35(27(19-8-6-5-7-9-19)20-12-14-38-15-13-20)25-16-21(18-31-26(23)25)28-29(37-4)32-33-34(28)3/h5-11,16-18,20,27,36H,12-15H2,1-4H3.